The number of ether oxygens (including phenoxy) is 3. The van der Waals surface area contributed by atoms with Gasteiger partial charge in [0.1, 0.15) is 11.5 Å². The second-order valence-electron chi connectivity index (χ2n) is 9.10. The van der Waals surface area contributed by atoms with Gasteiger partial charge in [0, 0.05) is 11.5 Å². The van der Waals surface area contributed by atoms with Gasteiger partial charge in [0.25, 0.3) is 0 Å². The molecule has 33 heavy (non-hydrogen) atoms. The van der Waals surface area contributed by atoms with Crippen molar-refractivity contribution in [1.82, 2.24) is 5.32 Å². The predicted molar refractivity (Wildman–Crippen MR) is 121 cm³/mol. The molecular formula is C25H29ClF3NO3. The fraction of sp³-hybridized carbons (Fsp3) is 0.520. The lowest BCUT2D eigenvalue weighted by Crippen LogP contribution is -2.48. The van der Waals surface area contributed by atoms with E-state index in [1.54, 1.807) is 6.07 Å². The fourth-order valence-electron chi connectivity index (χ4n) is 5.23. The molecule has 0 radical (unpaired) electrons. The van der Waals surface area contributed by atoms with Crippen molar-refractivity contribution in [3.8, 4) is 11.5 Å². The SMILES string of the molecule is Cl.FC(F)(F)Oc1ccc(OC2CCC2)c([C@H]2CO[C@]3(CCCN[C@H]3c3ccccc3)C2)c1. The highest BCUT2D eigenvalue weighted by Crippen LogP contribution is 2.50. The minimum absolute atomic E-state index is 0. The Bertz CT molecular complexity index is 938. The molecule has 1 spiro atoms. The maximum absolute atomic E-state index is 12.9. The normalized spacial score (nSPS) is 27.6. The first-order valence-corrected chi connectivity index (χ1v) is 11.4. The molecule has 8 heteroatoms. The van der Waals surface area contributed by atoms with Crippen LogP contribution in [0.4, 0.5) is 13.2 Å². The molecule has 2 aromatic rings. The first-order valence-electron chi connectivity index (χ1n) is 11.4. The van der Waals surface area contributed by atoms with Gasteiger partial charge in [-0.25, -0.2) is 0 Å². The number of rotatable bonds is 5. The summed E-state index contributed by atoms with van der Waals surface area (Å²) in [7, 11) is 0. The Morgan fingerprint density at radius 1 is 1.03 bits per heavy atom. The van der Waals surface area contributed by atoms with Crippen LogP contribution in [0.15, 0.2) is 48.5 Å². The van der Waals surface area contributed by atoms with Crippen molar-refractivity contribution in [2.75, 3.05) is 13.2 Å². The molecule has 4 nitrogen and oxygen atoms in total. The van der Waals surface area contributed by atoms with Crippen LogP contribution in [-0.2, 0) is 4.74 Å². The number of alkyl halides is 3. The van der Waals surface area contributed by atoms with E-state index in [1.807, 2.05) is 18.2 Å². The van der Waals surface area contributed by atoms with Crippen molar-refractivity contribution in [2.45, 2.75) is 68.6 Å². The van der Waals surface area contributed by atoms with E-state index in [0.717, 1.165) is 50.6 Å². The summed E-state index contributed by atoms with van der Waals surface area (Å²) in [6.07, 6.45) is 1.11. The molecule has 1 N–H and O–H groups in total. The zero-order valence-corrected chi connectivity index (χ0v) is 19.1. The monoisotopic (exact) mass is 483 g/mol. The highest BCUT2D eigenvalue weighted by Gasteiger charge is 2.49. The lowest BCUT2D eigenvalue weighted by atomic mass is 9.77. The van der Waals surface area contributed by atoms with Crippen molar-refractivity contribution in [2.24, 2.45) is 0 Å². The number of hydrogen-bond acceptors (Lipinski definition) is 4. The second-order valence-corrected chi connectivity index (χ2v) is 9.10. The minimum atomic E-state index is -4.73. The van der Waals surface area contributed by atoms with E-state index in [4.69, 9.17) is 9.47 Å². The van der Waals surface area contributed by atoms with Gasteiger partial charge >= 0.3 is 6.36 Å². The van der Waals surface area contributed by atoms with Crippen molar-refractivity contribution >= 4 is 12.4 Å². The maximum Gasteiger partial charge on any atom is 0.573 e. The zero-order valence-electron chi connectivity index (χ0n) is 18.3. The summed E-state index contributed by atoms with van der Waals surface area (Å²) >= 11 is 0. The quantitative estimate of drug-likeness (QED) is 0.541. The number of nitrogens with one attached hydrogen (secondary N) is 1. The summed E-state index contributed by atoms with van der Waals surface area (Å²) in [6, 6.07) is 14.7. The first-order chi connectivity index (χ1) is 15.4. The molecule has 2 aromatic carbocycles. The molecule has 1 saturated carbocycles. The lowest BCUT2D eigenvalue weighted by Gasteiger charge is -2.41. The summed E-state index contributed by atoms with van der Waals surface area (Å²) in [5.74, 6) is 0.374. The Hall–Kier alpha value is -1.96. The molecule has 0 bridgehead atoms. The van der Waals surface area contributed by atoms with Gasteiger partial charge in [0.2, 0.25) is 0 Å². The standard InChI is InChI=1S/C25H28F3NO3.ClH/c26-25(27,28)32-20-10-11-22(31-19-8-4-9-19)21(14-20)18-15-24(30-16-18)12-5-13-29-23(24)17-6-2-1-3-7-17;/h1-3,6-7,10-11,14,18-19,23,29H,4-5,8-9,12-13,15-16H2;1H/t18-,23+,24-;/m1./s1. The number of piperidine rings is 1. The van der Waals surface area contributed by atoms with Crippen molar-refractivity contribution < 1.29 is 27.4 Å². The van der Waals surface area contributed by atoms with Crippen LogP contribution in [0.25, 0.3) is 0 Å². The van der Waals surface area contributed by atoms with Crippen LogP contribution in [0.1, 0.15) is 61.6 Å². The van der Waals surface area contributed by atoms with Crippen LogP contribution in [-0.4, -0.2) is 31.2 Å². The molecule has 180 valence electrons. The number of hydrogen-bond donors (Lipinski definition) is 1. The van der Waals surface area contributed by atoms with Crippen molar-refractivity contribution in [3.63, 3.8) is 0 Å². The Kier molecular flexibility index (Phi) is 7.12. The van der Waals surface area contributed by atoms with Gasteiger partial charge < -0.3 is 19.5 Å². The van der Waals surface area contributed by atoms with Crippen LogP contribution < -0.4 is 14.8 Å². The Morgan fingerprint density at radius 2 is 1.82 bits per heavy atom. The lowest BCUT2D eigenvalue weighted by molar-refractivity contribution is -0.274. The molecule has 0 amide bonds. The molecule has 3 aliphatic rings. The second kappa shape index (κ2) is 9.72. The maximum atomic E-state index is 12.9. The van der Waals surface area contributed by atoms with Gasteiger partial charge in [0.15, 0.2) is 0 Å². The summed E-state index contributed by atoms with van der Waals surface area (Å²) in [4.78, 5) is 0. The van der Waals surface area contributed by atoms with Gasteiger partial charge in [-0.05, 0) is 68.8 Å². The molecule has 2 aliphatic heterocycles. The van der Waals surface area contributed by atoms with E-state index < -0.39 is 6.36 Å². The Balaban J connectivity index is 0.00000259. The highest BCUT2D eigenvalue weighted by molar-refractivity contribution is 5.85. The molecule has 1 aliphatic carbocycles. The minimum Gasteiger partial charge on any atom is -0.490 e. The third-order valence-electron chi connectivity index (χ3n) is 6.95. The third-order valence-corrected chi connectivity index (χ3v) is 6.95. The first kappa shape index (κ1) is 24.2. The molecule has 2 heterocycles. The predicted octanol–water partition coefficient (Wildman–Crippen LogP) is 6.31. The number of halogens is 4. The van der Waals surface area contributed by atoms with E-state index >= 15 is 0 Å². The largest absolute Gasteiger partial charge is 0.573 e. The molecule has 3 atom stereocenters. The average Bonchev–Trinajstić information content (AvgIpc) is 3.15. The van der Waals surface area contributed by atoms with Gasteiger partial charge in [-0.15, -0.1) is 25.6 Å². The molecule has 5 rings (SSSR count). The van der Waals surface area contributed by atoms with Crippen LogP contribution in [0.2, 0.25) is 0 Å². The zero-order chi connectivity index (χ0) is 22.2. The van der Waals surface area contributed by atoms with Gasteiger partial charge in [-0.3, -0.25) is 0 Å². The van der Waals surface area contributed by atoms with E-state index in [9.17, 15) is 13.2 Å². The molecule has 3 fully saturated rings. The molecule has 0 aromatic heterocycles. The van der Waals surface area contributed by atoms with Crippen LogP contribution >= 0.6 is 12.4 Å². The van der Waals surface area contributed by atoms with E-state index in [-0.39, 0.29) is 41.8 Å². The highest BCUT2D eigenvalue weighted by atomic mass is 35.5. The fourth-order valence-corrected chi connectivity index (χ4v) is 5.23. The Morgan fingerprint density at radius 3 is 2.52 bits per heavy atom. The average molecular weight is 484 g/mol. The smallest absolute Gasteiger partial charge is 0.490 e. The Labute approximate surface area is 198 Å². The summed E-state index contributed by atoms with van der Waals surface area (Å²) in [5.41, 5.74) is 1.53. The third kappa shape index (κ3) is 5.26. The van der Waals surface area contributed by atoms with E-state index in [2.05, 4.69) is 22.2 Å². The summed E-state index contributed by atoms with van der Waals surface area (Å²) < 4.78 is 55.4. The van der Waals surface area contributed by atoms with Crippen molar-refractivity contribution in [1.29, 1.82) is 0 Å². The molecular weight excluding hydrogens is 455 g/mol. The molecule has 2 saturated heterocycles. The van der Waals surface area contributed by atoms with Crippen LogP contribution in [0, 0.1) is 0 Å². The van der Waals surface area contributed by atoms with Gasteiger partial charge in [0.05, 0.1) is 24.4 Å². The van der Waals surface area contributed by atoms with E-state index in [0.29, 0.717) is 12.4 Å². The van der Waals surface area contributed by atoms with Crippen molar-refractivity contribution in [3.05, 3.63) is 59.7 Å². The van der Waals surface area contributed by atoms with Gasteiger partial charge in [-0.2, -0.15) is 0 Å². The van der Waals surface area contributed by atoms with Gasteiger partial charge in [-0.1, -0.05) is 30.3 Å². The van der Waals surface area contributed by atoms with Crippen LogP contribution in [0.5, 0.6) is 11.5 Å². The molecule has 0 unspecified atom stereocenters. The van der Waals surface area contributed by atoms with E-state index in [1.165, 1.54) is 17.7 Å². The summed E-state index contributed by atoms with van der Waals surface area (Å²) in [5, 5.41) is 3.62. The summed E-state index contributed by atoms with van der Waals surface area (Å²) in [6.45, 7) is 1.36. The van der Waals surface area contributed by atoms with Crippen LogP contribution in [0.3, 0.4) is 0 Å². The number of benzene rings is 2. The topological polar surface area (TPSA) is 39.7 Å².